The normalized spacial score (nSPS) is 12.6. The third-order valence-corrected chi connectivity index (χ3v) is 3.08. The molecule has 0 aliphatic heterocycles. The average molecular weight is 259 g/mol. The fourth-order valence-electron chi connectivity index (χ4n) is 1.16. The third-order valence-electron chi connectivity index (χ3n) is 2.10. The molecule has 1 aromatic heterocycles. The molecule has 17 heavy (non-hydrogen) atoms. The van der Waals surface area contributed by atoms with Gasteiger partial charge in [0.25, 0.3) is 0 Å². The average Bonchev–Trinajstić information content (AvgIpc) is 2.72. The lowest BCUT2D eigenvalue weighted by atomic mass is 10.2. The topological polar surface area (TPSA) is 102 Å². The van der Waals surface area contributed by atoms with Gasteiger partial charge in [0.05, 0.1) is 5.75 Å². The molecule has 0 aliphatic rings. The quantitative estimate of drug-likeness (QED) is 0.673. The SMILES string of the molecule is CCCc1nc(CSCCC(N)C(=O)O)no1. The van der Waals surface area contributed by atoms with Gasteiger partial charge < -0.3 is 15.4 Å². The van der Waals surface area contributed by atoms with E-state index in [-0.39, 0.29) is 0 Å². The standard InChI is InChI=1S/C10H17N3O3S/c1-2-3-9-12-8(13-16-9)6-17-5-4-7(11)10(14)15/h7H,2-6,11H2,1H3,(H,14,15). The number of hydrogen-bond acceptors (Lipinski definition) is 6. The van der Waals surface area contributed by atoms with Crippen LogP contribution in [0.25, 0.3) is 0 Å². The van der Waals surface area contributed by atoms with Gasteiger partial charge in [-0.15, -0.1) is 0 Å². The van der Waals surface area contributed by atoms with Crippen molar-refractivity contribution in [3.05, 3.63) is 11.7 Å². The van der Waals surface area contributed by atoms with Gasteiger partial charge in [0.1, 0.15) is 6.04 Å². The summed E-state index contributed by atoms with van der Waals surface area (Å²) in [6.45, 7) is 2.05. The van der Waals surface area contributed by atoms with Crippen LogP contribution >= 0.6 is 11.8 Å². The van der Waals surface area contributed by atoms with E-state index >= 15 is 0 Å². The summed E-state index contributed by atoms with van der Waals surface area (Å²) < 4.78 is 5.03. The zero-order valence-electron chi connectivity index (χ0n) is 9.76. The van der Waals surface area contributed by atoms with Gasteiger partial charge in [0.2, 0.25) is 5.89 Å². The Bertz CT molecular complexity index is 356. The lowest BCUT2D eigenvalue weighted by Crippen LogP contribution is -2.30. The lowest BCUT2D eigenvalue weighted by Gasteiger charge is -2.04. The highest BCUT2D eigenvalue weighted by atomic mass is 32.2. The Kier molecular flexibility index (Phi) is 5.99. The Morgan fingerprint density at radius 3 is 3.06 bits per heavy atom. The van der Waals surface area contributed by atoms with E-state index < -0.39 is 12.0 Å². The van der Waals surface area contributed by atoms with E-state index in [4.69, 9.17) is 15.4 Å². The molecule has 0 saturated heterocycles. The van der Waals surface area contributed by atoms with Gasteiger partial charge in [-0.3, -0.25) is 4.79 Å². The number of aryl methyl sites for hydroxylation is 1. The Balaban J connectivity index is 2.19. The molecule has 0 aliphatic carbocycles. The molecule has 3 N–H and O–H groups in total. The highest BCUT2D eigenvalue weighted by molar-refractivity contribution is 7.98. The molecule has 0 amide bonds. The second-order valence-corrected chi connectivity index (χ2v) is 4.75. The number of carboxylic acid groups (broad SMARTS) is 1. The Morgan fingerprint density at radius 2 is 2.41 bits per heavy atom. The molecule has 0 aromatic carbocycles. The molecule has 1 unspecified atom stereocenters. The van der Waals surface area contributed by atoms with Gasteiger partial charge in [-0.1, -0.05) is 12.1 Å². The zero-order valence-corrected chi connectivity index (χ0v) is 10.6. The molecule has 6 nitrogen and oxygen atoms in total. The van der Waals surface area contributed by atoms with Crippen molar-refractivity contribution < 1.29 is 14.4 Å². The van der Waals surface area contributed by atoms with Crippen LogP contribution in [-0.4, -0.2) is 33.0 Å². The van der Waals surface area contributed by atoms with Gasteiger partial charge in [-0.2, -0.15) is 16.7 Å². The molecule has 1 rings (SSSR count). The highest BCUT2D eigenvalue weighted by Crippen LogP contribution is 2.12. The summed E-state index contributed by atoms with van der Waals surface area (Å²) in [5.74, 6) is 1.65. The minimum Gasteiger partial charge on any atom is -0.480 e. The molecule has 7 heteroatoms. The summed E-state index contributed by atoms with van der Waals surface area (Å²) in [6, 6.07) is -0.788. The molecule has 0 saturated carbocycles. The first-order valence-electron chi connectivity index (χ1n) is 5.51. The van der Waals surface area contributed by atoms with Crippen molar-refractivity contribution in [3.8, 4) is 0 Å². The number of aromatic nitrogens is 2. The predicted molar refractivity (Wildman–Crippen MR) is 64.7 cm³/mol. The molecule has 1 atom stereocenters. The van der Waals surface area contributed by atoms with Crippen LogP contribution in [0.15, 0.2) is 4.52 Å². The number of carbonyl (C=O) groups is 1. The van der Waals surface area contributed by atoms with Crippen LogP contribution in [0.5, 0.6) is 0 Å². The molecular weight excluding hydrogens is 242 g/mol. The number of thioether (sulfide) groups is 1. The van der Waals surface area contributed by atoms with E-state index in [0.29, 0.717) is 29.6 Å². The van der Waals surface area contributed by atoms with E-state index in [0.717, 1.165) is 12.8 Å². The van der Waals surface area contributed by atoms with Crippen molar-refractivity contribution in [3.63, 3.8) is 0 Å². The predicted octanol–water partition coefficient (Wildman–Crippen LogP) is 1.06. The third kappa shape index (κ3) is 5.18. The molecule has 96 valence electrons. The van der Waals surface area contributed by atoms with E-state index in [1.165, 1.54) is 0 Å². The summed E-state index contributed by atoms with van der Waals surface area (Å²) in [5.41, 5.74) is 5.38. The van der Waals surface area contributed by atoms with Crippen molar-refractivity contribution in [1.29, 1.82) is 0 Å². The Hall–Kier alpha value is -1.08. The number of rotatable bonds is 8. The summed E-state index contributed by atoms with van der Waals surface area (Å²) in [6.07, 6.45) is 2.21. The van der Waals surface area contributed by atoms with Crippen LogP contribution < -0.4 is 5.73 Å². The van der Waals surface area contributed by atoms with Gasteiger partial charge in [-0.25, -0.2) is 0 Å². The van der Waals surface area contributed by atoms with Crippen molar-refractivity contribution in [1.82, 2.24) is 10.1 Å². The molecule has 0 radical (unpaired) electrons. The maximum absolute atomic E-state index is 10.5. The molecule has 1 aromatic rings. The molecule has 0 fully saturated rings. The van der Waals surface area contributed by atoms with E-state index in [9.17, 15) is 4.79 Å². The van der Waals surface area contributed by atoms with Gasteiger partial charge in [0.15, 0.2) is 5.82 Å². The number of nitrogens with two attached hydrogens (primary N) is 1. The van der Waals surface area contributed by atoms with E-state index in [2.05, 4.69) is 10.1 Å². The monoisotopic (exact) mass is 259 g/mol. The van der Waals surface area contributed by atoms with Crippen LogP contribution in [0.3, 0.4) is 0 Å². The molecule has 0 spiro atoms. The molecular formula is C10H17N3O3S. The van der Waals surface area contributed by atoms with Crippen LogP contribution in [-0.2, 0) is 17.0 Å². The van der Waals surface area contributed by atoms with Crippen LogP contribution in [0.2, 0.25) is 0 Å². The number of hydrogen-bond donors (Lipinski definition) is 2. The Morgan fingerprint density at radius 1 is 1.65 bits per heavy atom. The van der Waals surface area contributed by atoms with Crippen molar-refractivity contribution in [2.75, 3.05) is 5.75 Å². The minimum atomic E-state index is -0.963. The van der Waals surface area contributed by atoms with Gasteiger partial charge in [-0.05, 0) is 18.6 Å². The van der Waals surface area contributed by atoms with Crippen molar-refractivity contribution >= 4 is 17.7 Å². The highest BCUT2D eigenvalue weighted by Gasteiger charge is 2.11. The maximum Gasteiger partial charge on any atom is 0.320 e. The van der Waals surface area contributed by atoms with Gasteiger partial charge >= 0.3 is 5.97 Å². The largest absolute Gasteiger partial charge is 0.480 e. The fourth-order valence-corrected chi connectivity index (χ4v) is 2.03. The minimum absolute atomic E-state index is 0.444. The Labute approximate surface area is 104 Å². The van der Waals surface area contributed by atoms with E-state index in [1.807, 2.05) is 6.92 Å². The summed E-state index contributed by atoms with van der Waals surface area (Å²) in [5, 5.41) is 12.4. The molecule has 0 bridgehead atoms. The summed E-state index contributed by atoms with van der Waals surface area (Å²) >= 11 is 1.56. The van der Waals surface area contributed by atoms with Crippen LogP contribution in [0.4, 0.5) is 0 Å². The van der Waals surface area contributed by atoms with Crippen LogP contribution in [0.1, 0.15) is 31.5 Å². The number of aliphatic carboxylic acids is 1. The summed E-state index contributed by atoms with van der Waals surface area (Å²) in [4.78, 5) is 14.7. The first kappa shape index (κ1) is 14.0. The smallest absolute Gasteiger partial charge is 0.320 e. The van der Waals surface area contributed by atoms with E-state index in [1.54, 1.807) is 11.8 Å². The maximum atomic E-state index is 10.5. The number of carboxylic acids is 1. The van der Waals surface area contributed by atoms with Gasteiger partial charge in [0, 0.05) is 6.42 Å². The number of nitrogens with zero attached hydrogens (tertiary/aromatic N) is 2. The second kappa shape index (κ2) is 7.29. The zero-order chi connectivity index (χ0) is 12.7. The van der Waals surface area contributed by atoms with Crippen molar-refractivity contribution in [2.45, 2.75) is 38.0 Å². The van der Waals surface area contributed by atoms with Crippen LogP contribution in [0, 0.1) is 0 Å². The first-order valence-corrected chi connectivity index (χ1v) is 6.66. The molecule has 1 heterocycles. The first-order chi connectivity index (χ1) is 8.13. The summed E-state index contributed by atoms with van der Waals surface area (Å²) in [7, 11) is 0. The second-order valence-electron chi connectivity index (χ2n) is 3.64. The van der Waals surface area contributed by atoms with Crippen molar-refractivity contribution in [2.24, 2.45) is 5.73 Å². The lowest BCUT2D eigenvalue weighted by molar-refractivity contribution is -0.138. The fraction of sp³-hybridized carbons (Fsp3) is 0.700.